The van der Waals surface area contributed by atoms with Gasteiger partial charge in [-0.15, -0.1) is 0 Å². The predicted molar refractivity (Wildman–Crippen MR) is 94.2 cm³/mol. The maximum atomic E-state index is 13.1. The highest BCUT2D eigenvalue weighted by Crippen LogP contribution is 2.66. The van der Waals surface area contributed by atoms with Crippen LogP contribution in [0.15, 0.2) is 30.3 Å². The number of ether oxygens (including phenoxy) is 1. The first-order valence-corrected chi connectivity index (χ1v) is 9.05. The zero-order valence-corrected chi connectivity index (χ0v) is 14.9. The number of carbonyl (C=O) groups is 1. The number of carbonyl (C=O) groups excluding carboxylic acids is 1. The molecule has 1 heterocycles. The van der Waals surface area contributed by atoms with Gasteiger partial charge in [0, 0.05) is 0 Å². The van der Waals surface area contributed by atoms with Crippen LogP contribution in [0.2, 0.25) is 0 Å². The summed E-state index contributed by atoms with van der Waals surface area (Å²) in [5.41, 5.74) is 0.411. The lowest BCUT2D eigenvalue weighted by Crippen LogP contribution is -2.57. The van der Waals surface area contributed by atoms with Crippen LogP contribution < -0.4 is 0 Å². The summed E-state index contributed by atoms with van der Waals surface area (Å²) >= 11 is 5.40. The summed E-state index contributed by atoms with van der Waals surface area (Å²) in [4.78, 5) is 14.8. The Balaban J connectivity index is 1.61. The van der Waals surface area contributed by atoms with Gasteiger partial charge >= 0.3 is 0 Å². The minimum absolute atomic E-state index is 0.00835. The monoisotopic (exact) mass is 345 g/mol. The van der Waals surface area contributed by atoms with Gasteiger partial charge in [-0.05, 0) is 48.4 Å². The van der Waals surface area contributed by atoms with Crippen molar-refractivity contribution >= 4 is 23.3 Å². The number of nitrogens with zero attached hydrogens (tertiary/aromatic N) is 1. The van der Waals surface area contributed by atoms with Gasteiger partial charge in [0.25, 0.3) is 5.17 Å². The highest BCUT2D eigenvalue weighted by atomic mass is 32.1. The SMILES string of the molecule is CC1(C)[C@@H]2CC[C@]13[C@@H](C2)OC(=S)N3C(=O)C[C@@H](O)c1ccccc1. The minimum atomic E-state index is -0.821. The Labute approximate surface area is 147 Å². The lowest BCUT2D eigenvalue weighted by Gasteiger charge is -2.42. The van der Waals surface area contributed by atoms with E-state index in [1.165, 1.54) is 0 Å². The van der Waals surface area contributed by atoms with Crippen molar-refractivity contribution in [2.24, 2.45) is 11.3 Å². The van der Waals surface area contributed by atoms with E-state index < -0.39 is 6.10 Å². The van der Waals surface area contributed by atoms with E-state index in [1.54, 1.807) is 4.90 Å². The molecule has 3 fully saturated rings. The molecule has 0 unspecified atom stereocenters. The molecular weight excluding hydrogens is 322 g/mol. The first-order chi connectivity index (χ1) is 11.4. The standard InChI is InChI=1S/C19H23NO3S/c1-18(2)13-8-9-19(18)15(10-13)23-17(24)20(19)16(22)11-14(21)12-6-4-3-5-7-12/h3-7,13-15,21H,8-11H2,1-2H3/t13-,14-,15-,19+/m1/s1. The Hall–Kier alpha value is -1.46. The van der Waals surface area contributed by atoms with Gasteiger partial charge in [0.05, 0.1) is 18.1 Å². The van der Waals surface area contributed by atoms with Crippen molar-refractivity contribution in [3.8, 4) is 0 Å². The third kappa shape index (κ3) is 1.94. The molecule has 0 radical (unpaired) electrons. The van der Waals surface area contributed by atoms with Gasteiger partial charge < -0.3 is 9.84 Å². The number of thiocarbonyl (C=S) groups is 1. The van der Waals surface area contributed by atoms with E-state index in [0.29, 0.717) is 11.1 Å². The van der Waals surface area contributed by atoms with Crippen LogP contribution in [0.1, 0.15) is 51.2 Å². The molecule has 1 aromatic carbocycles. The molecule has 2 saturated carbocycles. The van der Waals surface area contributed by atoms with E-state index in [2.05, 4.69) is 13.8 Å². The second kappa shape index (κ2) is 5.27. The van der Waals surface area contributed by atoms with E-state index in [0.717, 1.165) is 24.8 Å². The number of hydrogen-bond acceptors (Lipinski definition) is 4. The van der Waals surface area contributed by atoms with Crippen LogP contribution in [0, 0.1) is 11.3 Å². The summed E-state index contributed by atoms with van der Waals surface area (Å²) in [6.07, 6.45) is 2.24. The lowest BCUT2D eigenvalue weighted by molar-refractivity contribution is -0.135. The summed E-state index contributed by atoms with van der Waals surface area (Å²) in [6, 6.07) is 9.29. The maximum Gasteiger partial charge on any atom is 0.267 e. The number of fused-ring (bicyclic) bond motifs is 1. The van der Waals surface area contributed by atoms with Crippen molar-refractivity contribution in [2.45, 2.75) is 57.3 Å². The molecule has 1 saturated heterocycles. The third-order valence-corrected chi connectivity index (χ3v) is 6.95. The zero-order valence-electron chi connectivity index (χ0n) is 14.1. The van der Waals surface area contributed by atoms with Crippen molar-refractivity contribution in [2.75, 3.05) is 0 Å². The predicted octanol–water partition coefficient (Wildman–Crippen LogP) is 3.20. The minimum Gasteiger partial charge on any atom is -0.465 e. The van der Waals surface area contributed by atoms with Crippen LogP contribution in [0.25, 0.3) is 0 Å². The van der Waals surface area contributed by atoms with Crippen molar-refractivity contribution in [1.82, 2.24) is 4.90 Å². The van der Waals surface area contributed by atoms with Crippen molar-refractivity contribution in [3.05, 3.63) is 35.9 Å². The smallest absolute Gasteiger partial charge is 0.267 e. The first-order valence-electron chi connectivity index (χ1n) is 8.64. The van der Waals surface area contributed by atoms with Crippen LogP contribution in [0.5, 0.6) is 0 Å². The van der Waals surface area contributed by atoms with Crippen LogP contribution in [-0.4, -0.2) is 32.7 Å². The fourth-order valence-electron chi connectivity index (χ4n) is 5.27. The summed E-state index contributed by atoms with van der Waals surface area (Å²) in [7, 11) is 0. The molecule has 24 heavy (non-hydrogen) atoms. The molecule has 5 heteroatoms. The van der Waals surface area contributed by atoms with Crippen LogP contribution in [-0.2, 0) is 9.53 Å². The van der Waals surface area contributed by atoms with Gasteiger partial charge in [0.2, 0.25) is 5.91 Å². The van der Waals surface area contributed by atoms with Gasteiger partial charge in [-0.25, -0.2) is 0 Å². The number of benzene rings is 1. The number of aliphatic hydroxyl groups excluding tert-OH is 1. The van der Waals surface area contributed by atoms with Gasteiger partial charge in [-0.1, -0.05) is 44.2 Å². The van der Waals surface area contributed by atoms with Crippen molar-refractivity contribution in [3.63, 3.8) is 0 Å². The Kier molecular flexibility index (Phi) is 3.52. The molecular formula is C19H23NO3S. The summed E-state index contributed by atoms with van der Waals surface area (Å²) in [6.45, 7) is 4.46. The summed E-state index contributed by atoms with van der Waals surface area (Å²) in [5.74, 6) is 0.439. The second-order valence-electron chi connectivity index (χ2n) is 7.85. The average Bonchev–Trinajstić information content (AvgIpc) is 3.07. The number of hydrogen-bond donors (Lipinski definition) is 1. The number of amides is 1. The Morgan fingerprint density at radius 3 is 2.79 bits per heavy atom. The molecule has 1 N–H and O–H groups in total. The molecule has 0 aromatic heterocycles. The summed E-state index contributed by atoms with van der Waals surface area (Å²) < 4.78 is 5.92. The second-order valence-corrected chi connectivity index (χ2v) is 8.20. The fraction of sp³-hybridized carbons (Fsp3) is 0.579. The molecule has 2 bridgehead atoms. The van der Waals surface area contributed by atoms with E-state index in [-0.39, 0.29) is 29.4 Å². The Morgan fingerprint density at radius 1 is 1.42 bits per heavy atom. The van der Waals surface area contributed by atoms with E-state index in [9.17, 15) is 9.90 Å². The van der Waals surface area contributed by atoms with Gasteiger partial charge in [0.1, 0.15) is 6.10 Å². The van der Waals surface area contributed by atoms with Gasteiger partial charge in [-0.3, -0.25) is 9.69 Å². The molecule has 3 aliphatic rings. The molecule has 4 rings (SSSR count). The van der Waals surface area contributed by atoms with Crippen LogP contribution >= 0.6 is 12.2 Å². The fourth-order valence-corrected chi connectivity index (χ4v) is 5.65. The van der Waals surface area contributed by atoms with Crippen molar-refractivity contribution < 1.29 is 14.6 Å². The highest BCUT2D eigenvalue weighted by molar-refractivity contribution is 7.80. The molecule has 1 amide bonds. The third-order valence-electron chi connectivity index (χ3n) is 6.67. The van der Waals surface area contributed by atoms with E-state index in [1.807, 2.05) is 30.3 Å². The largest absolute Gasteiger partial charge is 0.465 e. The Morgan fingerprint density at radius 2 is 2.12 bits per heavy atom. The van der Waals surface area contributed by atoms with Crippen molar-refractivity contribution in [1.29, 1.82) is 0 Å². The van der Waals surface area contributed by atoms with E-state index >= 15 is 0 Å². The first kappa shape index (κ1) is 16.0. The van der Waals surface area contributed by atoms with Gasteiger partial charge in [-0.2, -0.15) is 0 Å². The molecule has 1 aromatic rings. The Bertz CT molecular complexity index is 689. The maximum absolute atomic E-state index is 13.1. The molecule has 4 nitrogen and oxygen atoms in total. The number of rotatable bonds is 3. The van der Waals surface area contributed by atoms with E-state index in [4.69, 9.17) is 17.0 Å². The highest BCUT2D eigenvalue weighted by Gasteiger charge is 2.72. The molecule has 2 aliphatic carbocycles. The molecule has 1 spiro atoms. The molecule has 1 aliphatic heterocycles. The summed E-state index contributed by atoms with van der Waals surface area (Å²) in [5, 5.41) is 10.7. The quantitative estimate of drug-likeness (QED) is 0.855. The topological polar surface area (TPSA) is 49.8 Å². The molecule has 128 valence electrons. The van der Waals surface area contributed by atoms with Gasteiger partial charge in [0.15, 0.2) is 0 Å². The molecule has 4 atom stereocenters. The zero-order chi connectivity index (χ0) is 17.1. The lowest BCUT2D eigenvalue weighted by atomic mass is 9.74. The average molecular weight is 345 g/mol. The van der Waals surface area contributed by atoms with Crippen LogP contribution in [0.3, 0.4) is 0 Å². The van der Waals surface area contributed by atoms with Crippen LogP contribution in [0.4, 0.5) is 0 Å². The normalized spacial score (nSPS) is 34.1. The number of aliphatic hydroxyl groups is 1.